The van der Waals surface area contributed by atoms with Crippen molar-refractivity contribution in [2.75, 3.05) is 17.7 Å². The molecule has 9 heteroatoms. The van der Waals surface area contributed by atoms with E-state index in [0.717, 1.165) is 37.0 Å². The Kier molecular flexibility index (Phi) is 6.13. The molecular weight excluding hydrogens is 442 g/mol. The highest BCUT2D eigenvalue weighted by Gasteiger charge is 2.42. The Hall–Kier alpha value is -3.20. The van der Waals surface area contributed by atoms with Crippen LogP contribution < -0.4 is 19.5 Å². The average Bonchev–Trinajstić information content (AvgIpc) is 3.43. The number of carbonyl (C=O) groups is 1. The molecule has 0 unspecified atom stereocenters. The maximum absolute atomic E-state index is 12.5. The van der Waals surface area contributed by atoms with Crippen molar-refractivity contribution in [1.29, 1.82) is 0 Å². The van der Waals surface area contributed by atoms with Gasteiger partial charge < -0.3 is 23.9 Å². The molecule has 8 nitrogen and oxygen atoms in total. The van der Waals surface area contributed by atoms with Crippen molar-refractivity contribution in [3.05, 3.63) is 42.5 Å². The van der Waals surface area contributed by atoms with Crippen LogP contribution in [0.2, 0.25) is 0 Å². The molecule has 1 N–H and O–H groups in total. The van der Waals surface area contributed by atoms with Gasteiger partial charge in [-0.15, -0.1) is 10.2 Å². The molecule has 1 spiro atoms. The third-order valence-corrected chi connectivity index (χ3v) is 6.40. The zero-order chi connectivity index (χ0) is 22.7. The summed E-state index contributed by atoms with van der Waals surface area (Å²) in [6, 6.07) is 13.0. The zero-order valence-corrected chi connectivity index (χ0v) is 19.2. The second kappa shape index (κ2) is 9.35. The number of para-hydroxylation sites is 1. The second-order valence-corrected chi connectivity index (χ2v) is 8.90. The molecule has 2 heterocycles. The van der Waals surface area contributed by atoms with Gasteiger partial charge in [0.25, 0.3) is 16.9 Å². The van der Waals surface area contributed by atoms with Gasteiger partial charge in [0, 0.05) is 24.6 Å². The first-order valence-electron chi connectivity index (χ1n) is 11.1. The molecule has 1 amide bonds. The van der Waals surface area contributed by atoms with Gasteiger partial charge in [0.05, 0.1) is 17.9 Å². The van der Waals surface area contributed by atoms with E-state index in [1.807, 2.05) is 49.4 Å². The summed E-state index contributed by atoms with van der Waals surface area (Å²) in [6.07, 6.45) is 5.19. The molecule has 3 aromatic rings. The summed E-state index contributed by atoms with van der Waals surface area (Å²) >= 11 is 1.18. The summed E-state index contributed by atoms with van der Waals surface area (Å²) < 4.78 is 23.6. The topological polar surface area (TPSA) is 95.7 Å². The molecule has 1 saturated carbocycles. The van der Waals surface area contributed by atoms with E-state index < -0.39 is 5.79 Å². The Morgan fingerprint density at radius 3 is 2.76 bits per heavy atom. The van der Waals surface area contributed by atoms with E-state index in [0.29, 0.717) is 34.9 Å². The fraction of sp³-hybridized carbons (Fsp3) is 0.375. The lowest BCUT2D eigenvalue weighted by Crippen LogP contribution is -2.40. The molecule has 2 aromatic carbocycles. The van der Waals surface area contributed by atoms with Crippen molar-refractivity contribution in [2.24, 2.45) is 0 Å². The predicted molar refractivity (Wildman–Crippen MR) is 124 cm³/mol. The van der Waals surface area contributed by atoms with Crippen LogP contribution in [-0.2, 0) is 4.79 Å². The zero-order valence-electron chi connectivity index (χ0n) is 18.3. The van der Waals surface area contributed by atoms with Crippen molar-refractivity contribution in [2.45, 2.75) is 50.0 Å². The van der Waals surface area contributed by atoms with E-state index in [1.165, 1.54) is 18.2 Å². The molecule has 1 fully saturated rings. The fourth-order valence-electron chi connectivity index (χ4n) is 4.09. The number of anilines is 1. The van der Waals surface area contributed by atoms with Crippen molar-refractivity contribution >= 4 is 23.4 Å². The van der Waals surface area contributed by atoms with E-state index in [4.69, 9.17) is 18.6 Å². The van der Waals surface area contributed by atoms with Crippen LogP contribution in [0.3, 0.4) is 0 Å². The number of fused-ring (bicyclic) bond motifs is 1. The highest BCUT2D eigenvalue weighted by atomic mass is 32.2. The normalized spacial score (nSPS) is 16.0. The van der Waals surface area contributed by atoms with Gasteiger partial charge in [-0.3, -0.25) is 4.79 Å². The number of benzene rings is 2. The van der Waals surface area contributed by atoms with E-state index in [1.54, 1.807) is 0 Å². The number of amides is 1. The molecule has 2 aliphatic rings. The summed E-state index contributed by atoms with van der Waals surface area (Å²) in [6.45, 7) is 2.45. The third-order valence-electron chi connectivity index (χ3n) is 5.59. The third kappa shape index (κ3) is 4.78. The number of nitrogens with one attached hydrogen (secondary N) is 1. The van der Waals surface area contributed by atoms with Crippen LogP contribution in [0.4, 0.5) is 5.69 Å². The van der Waals surface area contributed by atoms with E-state index in [2.05, 4.69) is 15.5 Å². The number of thioether (sulfide) groups is 1. The van der Waals surface area contributed by atoms with Gasteiger partial charge in [-0.25, -0.2) is 0 Å². The number of aromatic nitrogens is 2. The number of rotatable bonds is 7. The summed E-state index contributed by atoms with van der Waals surface area (Å²) in [5.74, 6) is 1.86. The van der Waals surface area contributed by atoms with Crippen LogP contribution >= 0.6 is 11.8 Å². The van der Waals surface area contributed by atoms with Crippen LogP contribution in [0, 0.1) is 0 Å². The van der Waals surface area contributed by atoms with Crippen LogP contribution in [0.5, 0.6) is 17.2 Å². The molecule has 1 aromatic heterocycles. The van der Waals surface area contributed by atoms with Gasteiger partial charge in [0.15, 0.2) is 11.5 Å². The second-order valence-electron chi connectivity index (χ2n) is 7.98. The number of nitrogens with zero attached hydrogens (tertiary/aromatic N) is 2. The largest absolute Gasteiger partial charge is 0.493 e. The van der Waals surface area contributed by atoms with Gasteiger partial charge in [-0.05, 0) is 44.0 Å². The van der Waals surface area contributed by atoms with Crippen molar-refractivity contribution in [3.63, 3.8) is 0 Å². The molecule has 172 valence electrons. The van der Waals surface area contributed by atoms with Crippen molar-refractivity contribution in [1.82, 2.24) is 10.2 Å². The molecule has 0 radical (unpaired) electrons. The van der Waals surface area contributed by atoms with Crippen LogP contribution in [0.1, 0.15) is 39.0 Å². The summed E-state index contributed by atoms with van der Waals surface area (Å²) in [7, 11) is 0. The van der Waals surface area contributed by atoms with Crippen LogP contribution in [0.15, 0.2) is 52.1 Å². The highest BCUT2D eigenvalue weighted by Crippen LogP contribution is 2.46. The maximum Gasteiger partial charge on any atom is 0.277 e. The van der Waals surface area contributed by atoms with E-state index in [-0.39, 0.29) is 11.7 Å². The van der Waals surface area contributed by atoms with Crippen molar-refractivity contribution < 1.29 is 23.4 Å². The number of hydrogen-bond donors (Lipinski definition) is 1. The minimum atomic E-state index is -0.532. The number of ether oxygens (including phenoxy) is 3. The quantitative estimate of drug-likeness (QED) is 0.468. The lowest BCUT2D eigenvalue weighted by atomic mass is 9.94. The van der Waals surface area contributed by atoms with Gasteiger partial charge in [-0.2, -0.15) is 0 Å². The van der Waals surface area contributed by atoms with Crippen LogP contribution in [-0.4, -0.2) is 34.3 Å². The first-order valence-corrected chi connectivity index (χ1v) is 12.1. The molecule has 0 bridgehead atoms. The fourth-order valence-corrected chi connectivity index (χ4v) is 4.66. The molecule has 0 saturated heterocycles. The van der Waals surface area contributed by atoms with Gasteiger partial charge in [0.2, 0.25) is 5.91 Å². The predicted octanol–water partition coefficient (Wildman–Crippen LogP) is 5.30. The first-order chi connectivity index (χ1) is 16.1. The standard InChI is InChI=1S/C24H25N3O5S/c1-2-29-18-9-5-4-8-17(18)22-26-27-23(30-22)33-15-21(28)25-16-10-11-19-20(14-16)32-24(31-19)12-6-3-7-13-24/h4-5,8-11,14H,2-3,6-7,12-13,15H2,1H3,(H,25,28). The Morgan fingerprint density at radius 1 is 1.09 bits per heavy atom. The lowest BCUT2D eigenvalue weighted by Gasteiger charge is -2.31. The molecule has 1 aliphatic carbocycles. The summed E-state index contributed by atoms with van der Waals surface area (Å²) in [4.78, 5) is 12.5. The van der Waals surface area contributed by atoms with Crippen molar-refractivity contribution in [3.8, 4) is 28.7 Å². The maximum atomic E-state index is 12.5. The molecular formula is C24H25N3O5S. The first kappa shape index (κ1) is 21.6. The molecule has 5 rings (SSSR count). The lowest BCUT2D eigenvalue weighted by molar-refractivity contribution is -0.113. The number of hydrogen-bond acceptors (Lipinski definition) is 8. The van der Waals surface area contributed by atoms with E-state index in [9.17, 15) is 4.79 Å². The van der Waals surface area contributed by atoms with E-state index >= 15 is 0 Å². The molecule has 33 heavy (non-hydrogen) atoms. The van der Waals surface area contributed by atoms with Gasteiger partial charge in [-0.1, -0.05) is 30.3 Å². The Bertz CT molecular complexity index is 1140. The Labute approximate surface area is 196 Å². The van der Waals surface area contributed by atoms with Gasteiger partial charge >= 0.3 is 0 Å². The Balaban J connectivity index is 1.18. The minimum Gasteiger partial charge on any atom is -0.493 e. The summed E-state index contributed by atoms with van der Waals surface area (Å²) in [5.41, 5.74) is 1.38. The SMILES string of the molecule is CCOc1ccccc1-c1nnc(SCC(=O)Nc2ccc3c(c2)OC2(CCCCC2)O3)o1. The van der Waals surface area contributed by atoms with Crippen LogP contribution in [0.25, 0.3) is 11.5 Å². The smallest absolute Gasteiger partial charge is 0.277 e. The number of carbonyl (C=O) groups excluding carboxylic acids is 1. The summed E-state index contributed by atoms with van der Waals surface area (Å²) in [5, 5.41) is 11.3. The molecule has 0 atom stereocenters. The minimum absolute atomic E-state index is 0.132. The monoisotopic (exact) mass is 467 g/mol. The Morgan fingerprint density at radius 2 is 1.91 bits per heavy atom. The molecule has 1 aliphatic heterocycles. The average molecular weight is 468 g/mol. The van der Waals surface area contributed by atoms with Gasteiger partial charge in [0.1, 0.15) is 5.75 Å². The highest BCUT2D eigenvalue weighted by molar-refractivity contribution is 7.99.